The summed E-state index contributed by atoms with van der Waals surface area (Å²) in [6.45, 7) is -0.341. The molecule has 0 fully saturated rings. The molecule has 0 saturated heterocycles. The normalized spacial score (nSPS) is 10.6. The third-order valence-corrected chi connectivity index (χ3v) is 4.97. The van der Waals surface area contributed by atoms with E-state index in [9.17, 15) is 14.9 Å². The number of halogens is 1. The standard InChI is InChI=1S/C26H22ClN3O5/c1-33-22-11-7-6-10-21(22)30-24(31)16-35-25-20(27)13-17(14-23(25)34-2)12-18(15-28)26(32)29-19-8-4-3-5-9-19/h3-14H,16H2,1-2H3,(H,29,32)(H,30,31). The maximum absolute atomic E-state index is 12.5. The molecule has 0 heterocycles. The zero-order valence-electron chi connectivity index (χ0n) is 19.0. The number of hydrogen-bond donors (Lipinski definition) is 2. The third kappa shape index (κ3) is 6.76. The van der Waals surface area contributed by atoms with Gasteiger partial charge in [-0.3, -0.25) is 9.59 Å². The number of amides is 2. The molecule has 0 unspecified atom stereocenters. The van der Waals surface area contributed by atoms with Crippen LogP contribution in [0.25, 0.3) is 6.08 Å². The molecule has 0 aliphatic rings. The van der Waals surface area contributed by atoms with Crippen molar-refractivity contribution in [3.63, 3.8) is 0 Å². The first kappa shape index (κ1) is 25.1. The summed E-state index contributed by atoms with van der Waals surface area (Å²) < 4.78 is 16.2. The van der Waals surface area contributed by atoms with Gasteiger partial charge in [0, 0.05) is 5.69 Å². The van der Waals surface area contributed by atoms with E-state index in [1.807, 2.05) is 12.1 Å². The second kappa shape index (κ2) is 12.1. The van der Waals surface area contributed by atoms with E-state index in [-0.39, 0.29) is 28.7 Å². The van der Waals surface area contributed by atoms with Crippen LogP contribution in [0.15, 0.2) is 72.3 Å². The molecule has 0 spiro atoms. The largest absolute Gasteiger partial charge is 0.495 e. The minimum atomic E-state index is -0.567. The van der Waals surface area contributed by atoms with E-state index in [1.54, 1.807) is 54.6 Å². The molecular formula is C26H22ClN3O5. The first-order chi connectivity index (χ1) is 16.9. The number of para-hydroxylation sites is 3. The molecule has 3 aromatic carbocycles. The van der Waals surface area contributed by atoms with Crippen LogP contribution in [0.3, 0.4) is 0 Å². The molecule has 8 nitrogen and oxygen atoms in total. The van der Waals surface area contributed by atoms with Crippen LogP contribution in [0.1, 0.15) is 5.56 Å². The van der Waals surface area contributed by atoms with Crippen LogP contribution in [0.2, 0.25) is 5.02 Å². The van der Waals surface area contributed by atoms with Crippen LogP contribution in [0, 0.1) is 11.3 Å². The third-order valence-electron chi connectivity index (χ3n) is 4.69. The SMILES string of the molecule is COc1ccccc1NC(=O)COc1c(Cl)cc(C=C(C#N)C(=O)Nc2ccccc2)cc1OC. The van der Waals surface area contributed by atoms with Gasteiger partial charge in [-0.15, -0.1) is 0 Å². The molecule has 0 radical (unpaired) electrons. The highest BCUT2D eigenvalue weighted by Gasteiger charge is 2.16. The molecule has 0 aliphatic carbocycles. The van der Waals surface area contributed by atoms with Crippen LogP contribution in [0.4, 0.5) is 11.4 Å². The van der Waals surface area contributed by atoms with E-state index in [2.05, 4.69) is 10.6 Å². The molecule has 0 aliphatic heterocycles. The maximum Gasteiger partial charge on any atom is 0.266 e. The van der Waals surface area contributed by atoms with Crippen LogP contribution >= 0.6 is 11.6 Å². The van der Waals surface area contributed by atoms with E-state index in [0.717, 1.165) is 0 Å². The number of rotatable bonds is 9. The van der Waals surface area contributed by atoms with Crippen molar-refractivity contribution in [1.82, 2.24) is 0 Å². The summed E-state index contributed by atoms with van der Waals surface area (Å²) >= 11 is 6.37. The first-order valence-corrected chi connectivity index (χ1v) is 10.7. The van der Waals surface area contributed by atoms with Crippen molar-refractivity contribution < 1.29 is 23.8 Å². The van der Waals surface area contributed by atoms with Crippen molar-refractivity contribution in [2.75, 3.05) is 31.5 Å². The zero-order chi connectivity index (χ0) is 25.2. The molecule has 2 amide bonds. The Bertz CT molecular complexity index is 1290. The number of nitrogens with zero attached hydrogens (tertiary/aromatic N) is 1. The fraction of sp³-hybridized carbons (Fsp3) is 0.115. The Morgan fingerprint density at radius 2 is 1.66 bits per heavy atom. The van der Waals surface area contributed by atoms with Gasteiger partial charge in [0.25, 0.3) is 11.8 Å². The number of nitriles is 1. The van der Waals surface area contributed by atoms with Crippen LogP contribution in [0.5, 0.6) is 17.2 Å². The molecular weight excluding hydrogens is 470 g/mol. The van der Waals surface area contributed by atoms with E-state index < -0.39 is 11.8 Å². The summed E-state index contributed by atoms with van der Waals surface area (Å²) in [5, 5.41) is 15.0. The van der Waals surface area contributed by atoms with Crippen LogP contribution in [-0.2, 0) is 9.59 Å². The highest BCUT2D eigenvalue weighted by atomic mass is 35.5. The van der Waals surface area contributed by atoms with E-state index >= 15 is 0 Å². The molecule has 2 N–H and O–H groups in total. The van der Waals surface area contributed by atoms with Gasteiger partial charge >= 0.3 is 0 Å². The Kier molecular flexibility index (Phi) is 8.70. The van der Waals surface area contributed by atoms with E-state index in [4.69, 9.17) is 25.8 Å². The molecule has 35 heavy (non-hydrogen) atoms. The van der Waals surface area contributed by atoms with Crippen molar-refractivity contribution >= 4 is 40.9 Å². The Morgan fingerprint density at radius 1 is 0.971 bits per heavy atom. The van der Waals surface area contributed by atoms with Crippen molar-refractivity contribution in [1.29, 1.82) is 5.26 Å². The Hall–Kier alpha value is -4.48. The van der Waals surface area contributed by atoms with Gasteiger partial charge in [-0.05, 0) is 48.0 Å². The molecule has 0 saturated carbocycles. The van der Waals surface area contributed by atoms with Crippen molar-refractivity contribution in [3.8, 4) is 23.3 Å². The fourth-order valence-corrected chi connectivity index (χ4v) is 3.34. The number of methoxy groups -OCH3 is 2. The summed E-state index contributed by atoms with van der Waals surface area (Å²) in [4.78, 5) is 24.9. The molecule has 9 heteroatoms. The molecule has 0 atom stereocenters. The second-order valence-electron chi connectivity index (χ2n) is 7.06. The lowest BCUT2D eigenvalue weighted by Gasteiger charge is -2.14. The van der Waals surface area contributed by atoms with Gasteiger partial charge in [0.1, 0.15) is 17.4 Å². The molecule has 3 rings (SSSR count). The van der Waals surface area contributed by atoms with Gasteiger partial charge in [-0.25, -0.2) is 0 Å². The molecule has 0 aromatic heterocycles. The lowest BCUT2D eigenvalue weighted by Crippen LogP contribution is -2.20. The number of carbonyl (C=O) groups excluding carboxylic acids is 2. The summed E-state index contributed by atoms with van der Waals surface area (Å²) in [5.41, 5.74) is 1.37. The van der Waals surface area contributed by atoms with Crippen molar-refractivity contribution in [2.24, 2.45) is 0 Å². The number of ether oxygens (including phenoxy) is 3. The molecule has 178 valence electrons. The summed E-state index contributed by atoms with van der Waals surface area (Å²) in [6, 6.07) is 20.7. The number of benzene rings is 3. The quantitative estimate of drug-likeness (QED) is 0.325. The van der Waals surface area contributed by atoms with Crippen molar-refractivity contribution in [2.45, 2.75) is 0 Å². The minimum absolute atomic E-state index is 0.128. The fourth-order valence-electron chi connectivity index (χ4n) is 3.07. The maximum atomic E-state index is 12.5. The van der Waals surface area contributed by atoms with Gasteiger partial charge < -0.3 is 24.8 Å². The van der Waals surface area contributed by atoms with Gasteiger partial charge in [-0.2, -0.15) is 5.26 Å². The Labute approximate surface area is 207 Å². The number of nitrogens with one attached hydrogen (secondary N) is 2. The smallest absolute Gasteiger partial charge is 0.266 e. The second-order valence-corrected chi connectivity index (χ2v) is 7.47. The number of anilines is 2. The lowest BCUT2D eigenvalue weighted by molar-refractivity contribution is -0.118. The predicted octanol–water partition coefficient (Wildman–Crippen LogP) is 4.92. The summed E-state index contributed by atoms with van der Waals surface area (Å²) in [5.74, 6) is -0.108. The number of hydrogen-bond acceptors (Lipinski definition) is 6. The topological polar surface area (TPSA) is 110 Å². The Morgan fingerprint density at radius 3 is 2.34 bits per heavy atom. The zero-order valence-corrected chi connectivity index (χ0v) is 19.8. The minimum Gasteiger partial charge on any atom is -0.495 e. The lowest BCUT2D eigenvalue weighted by atomic mass is 10.1. The molecule has 0 bridgehead atoms. The van der Waals surface area contributed by atoms with Crippen LogP contribution < -0.4 is 24.8 Å². The van der Waals surface area contributed by atoms with Crippen molar-refractivity contribution in [3.05, 3.63) is 82.9 Å². The van der Waals surface area contributed by atoms with E-state index in [1.165, 1.54) is 26.4 Å². The van der Waals surface area contributed by atoms with Gasteiger partial charge in [0.2, 0.25) is 0 Å². The van der Waals surface area contributed by atoms with Gasteiger partial charge in [0.15, 0.2) is 18.1 Å². The monoisotopic (exact) mass is 491 g/mol. The summed E-state index contributed by atoms with van der Waals surface area (Å²) in [7, 11) is 2.92. The van der Waals surface area contributed by atoms with Gasteiger partial charge in [-0.1, -0.05) is 41.9 Å². The average molecular weight is 492 g/mol. The molecule has 3 aromatic rings. The average Bonchev–Trinajstić information content (AvgIpc) is 2.87. The Balaban J connectivity index is 1.74. The highest BCUT2D eigenvalue weighted by Crippen LogP contribution is 2.37. The predicted molar refractivity (Wildman–Crippen MR) is 134 cm³/mol. The number of carbonyl (C=O) groups is 2. The summed E-state index contributed by atoms with van der Waals surface area (Å²) in [6.07, 6.45) is 1.38. The van der Waals surface area contributed by atoms with Gasteiger partial charge in [0.05, 0.1) is 24.9 Å². The first-order valence-electron chi connectivity index (χ1n) is 10.4. The van der Waals surface area contributed by atoms with Crippen LogP contribution in [-0.4, -0.2) is 32.6 Å². The van der Waals surface area contributed by atoms with E-state index in [0.29, 0.717) is 22.7 Å². The highest BCUT2D eigenvalue weighted by molar-refractivity contribution is 6.32.